The second kappa shape index (κ2) is 6.32. The topological polar surface area (TPSA) is 67.2 Å². The Morgan fingerprint density at radius 2 is 2.00 bits per heavy atom. The molecule has 0 radical (unpaired) electrons. The summed E-state index contributed by atoms with van der Waals surface area (Å²) in [5.41, 5.74) is -0.000809. The molecule has 1 amide bonds. The largest absolute Gasteiger partial charge is 0.380 e. The lowest BCUT2D eigenvalue weighted by Crippen LogP contribution is -2.44. The quantitative estimate of drug-likeness (QED) is 0.885. The number of hydrogen-bond acceptors (Lipinski definition) is 3. The van der Waals surface area contributed by atoms with Crippen molar-refractivity contribution >= 4 is 5.91 Å². The molecule has 1 heterocycles. The van der Waals surface area contributed by atoms with Crippen molar-refractivity contribution < 1.29 is 9.90 Å². The van der Waals surface area contributed by atoms with E-state index < -0.39 is 5.60 Å². The van der Waals surface area contributed by atoms with Gasteiger partial charge < -0.3 is 15.0 Å². The number of hydrogen-bond donors (Lipinski definition) is 2. The summed E-state index contributed by atoms with van der Waals surface area (Å²) in [5.74, 6) is 0.512. The minimum Gasteiger partial charge on any atom is -0.380 e. The van der Waals surface area contributed by atoms with Crippen molar-refractivity contribution in [1.29, 1.82) is 0 Å². The van der Waals surface area contributed by atoms with Gasteiger partial charge in [-0.05, 0) is 31.2 Å². The average molecular weight is 299 g/mol. The molecular weight excluding hydrogens is 278 g/mol. The fourth-order valence-electron chi connectivity index (χ4n) is 2.94. The second-order valence-electron chi connectivity index (χ2n) is 5.88. The highest BCUT2D eigenvalue weighted by molar-refractivity contribution is 5.85. The zero-order chi connectivity index (χ0) is 15.4. The van der Waals surface area contributed by atoms with Crippen LogP contribution in [-0.4, -0.2) is 26.2 Å². The van der Waals surface area contributed by atoms with Crippen molar-refractivity contribution in [3.63, 3.8) is 0 Å². The molecule has 0 bridgehead atoms. The third-order valence-electron chi connectivity index (χ3n) is 4.26. The van der Waals surface area contributed by atoms with Crippen LogP contribution in [0.4, 0.5) is 0 Å². The lowest BCUT2D eigenvalue weighted by atomic mass is 10.0. The first-order valence-electron chi connectivity index (χ1n) is 7.72. The SMILES string of the molecule is O=C(NCc1nccn1Cc1ccccc1)C1(O)CCCC1. The lowest BCUT2D eigenvalue weighted by Gasteiger charge is -2.21. The predicted octanol–water partition coefficient (Wildman–Crippen LogP) is 1.85. The number of imidazole rings is 1. The molecule has 116 valence electrons. The van der Waals surface area contributed by atoms with Crippen LogP contribution in [0.2, 0.25) is 0 Å². The number of aliphatic hydroxyl groups is 1. The van der Waals surface area contributed by atoms with Gasteiger partial charge in [0.05, 0.1) is 6.54 Å². The molecule has 1 aromatic heterocycles. The molecule has 3 rings (SSSR count). The summed E-state index contributed by atoms with van der Waals surface area (Å²) in [7, 11) is 0. The second-order valence-corrected chi connectivity index (χ2v) is 5.88. The molecule has 0 spiro atoms. The van der Waals surface area contributed by atoms with E-state index in [4.69, 9.17) is 0 Å². The van der Waals surface area contributed by atoms with Crippen molar-refractivity contribution in [2.24, 2.45) is 0 Å². The molecule has 1 saturated carbocycles. The highest BCUT2D eigenvalue weighted by Crippen LogP contribution is 2.29. The standard InChI is InChI=1S/C17H21N3O2/c21-16(17(22)8-4-5-9-17)19-12-15-18-10-11-20(15)13-14-6-2-1-3-7-14/h1-3,6-7,10-11,22H,4-5,8-9,12-13H2,(H,19,21). The Balaban J connectivity index is 1.62. The van der Waals surface area contributed by atoms with Gasteiger partial charge in [-0.3, -0.25) is 4.79 Å². The highest BCUT2D eigenvalue weighted by atomic mass is 16.3. The van der Waals surface area contributed by atoms with Crippen LogP contribution in [0.1, 0.15) is 37.1 Å². The Bertz CT molecular complexity index is 630. The average Bonchev–Trinajstić information content (AvgIpc) is 3.16. The van der Waals surface area contributed by atoms with Crippen molar-refractivity contribution in [3.05, 3.63) is 54.1 Å². The van der Waals surface area contributed by atoms with E-state index in [0.29, 0.717) is 19.4 Å². The van der Waals surface area contributed by atoms with E-state index in [1.165, 1.54) is 5.56 Å². The molecular formula is C17H21N3O2. The third kappa shape index (κ3) is 3.20. The number of rotatable bonds is 5. The first-order chi connectivity index (χ1) is 10.7. The van der Waals surface area contributed by atoms with Crippen molar-refractivity contribution in [3.8, 4) is 0 Å². The Hall–Kier alpha value is -2.14. The summed E-state index contributed by atoms with van der Waals surface area (Å²) < 4.78 is 2.01. The van der Waals surface area contributed by atoms with E-state index in [1.54, 1.807) is 6.20 Å². The van der Waals surface area contributed by atoms with Crippen LogP contribution >= 0.6 is 0 Å². The first kappa shape index (κ1) is 14.8. The minimum atomic E-state index is -1.18. The lowest BCUT2D eigenvalue weighted by molar-refractivity contribution is -0.139. The number of nitrogens with one attached hydrogen (secondary N) is 1. The fraction of sp³-hybridized carbons (Fsp3) is 0.412. The Morgan fingerprint density at radius 3 is 2.73 bits per heavy atom. The molecule has 0 unspecified atom stereocenters. The number of carbonyl (C=O) groups excluding carboxylic acids is 1. The molecule has 1 aliphatic rings. The molecule has 2 aromatic rings. The normalized spacial score (nSPS) is 16.6. The summed E-state index contributed by atoms with van der Waals surface area (Å²) in [4.78, 5) is 16.4. The molecule has 5 heteroatoms. The van der Waals surface area contributed by atoms with E-state index in [0.717, 1.165) is 25.2 Å². The van der Waals surface area contributed by atoms with Gasteiger partial charge in [-0.1, -0.05) is 30.3 Å². The highest BCUT2D eigenvalue weighted by Gasteiger charge is 2.38. The maximum absolute atomic E-state index is 12.1. The van der Waals surface area contributed by atoms with Gasteiger partial charge in [0.1, 0.15) is 11.4 Å². The third-order valence-corrected chi connectivity index (χ3v) is 4.26. The van der Waals surface area contributed by atoms with Crippen LogP contribution < -0.4 is 5.32 Å². The van der Waals surface area contributed by atoms with Gasteiger partial charge in [0, 0.05) is 18.9 Å². The van der Waals surface area contributed by atoms with Gasteiger partial charge in [-0.2, -0.15) is 0 Å². The molecule has 1 aromatic carbocycles. The van der Waals surface area contributed by atoms with E-state index >= 15 is 0 Å². The van der Waals surface area contributed by atoms with Crippen LogP contribution in [-0.2, 0) is 17.9 Å². The molecule has 22 heavy (non-hydrogen) atoms. The van der Waals surface area contributed by atoms with Crippen LogP contribution in [0.5, 0.6) is 0 Å². The van der Waals surface area contributed by atoms with Crippen LogP contribution in [0.3, 0.4) is 0 Å². The van der Waals surface area contributed by atoms with E-state index in [9.17, 15) is 9.90 Å². The molecule has 5 nitrogen and oxygen atoms in total. The summed E-state index contributed by atoms with van der Waals surface area (Å²) >= 11 is 0. The number of aromatic nitrogens is 2. The van der Waals surface area contributed by atoms with Crippen LogP contribution in [0.15, 0.2) is 42.7 Å². The molecule has 0 saturated heterocycles. The Labute approximate surface area is 130 Å². The number of nitrogens with zero attached hydrogens (tertiary/aromatic N) is 2. The van der Waals surface area contributed by atoms with Crippen molar-refractivity contribution in [2.45, 2.75) is 44.4 Å². The summed E-state index contributed by atoms with van der Waals surface area (Å²) in [6.45, 7) is 1.05. The fourth-order valence-corrected chi connectivity index (χ4v) is 2.94. The Kier molecular flexibility index (Phi) is 4.24. The van der Waals surface area contributed by atoms with Gasteiger partial charge in [0.25, 0.3) is 5.91 Å². The van der Waals surface area contributed by atoms with Crippen LogP contribution in [0, 0.1) is 0 Å². The summed E-state index contributed by atoms with van der Waals surface area (Å²) in [5, 5.41) is 13.1. The van der Waals surface area contributed by atoms with Gasteiger partial charge in [-0.15, -0.1) is 0 Å². The first-order valence-corrected chi connectivity index (χ1v) is 7.72. The maximum Gasteiger partial charge on any atom is 0.252 e. The van der Waals surface area contributed by atoms with Crippen molar-refractivity contribution in [1.82, 2.24) is 14.9 Å². The number of carbonyl (C=O) groups is 1. The van der Waals surface area contributed by atoms with Gasteiger partial charge in [-0.25, -0.2) is 4.98 Å². The molecule has 1 aliphatic carbocycles. The monoisotopic (exact) mass is 299 g/mol. The number of amides is 1. The van der Waals surface area contributed by atoms with Crippen molar-refractivity contribution in [2.75, 3.05) is 0 Å². The van der Waals surface area contributed by atoms with E-state index in [-0.39, 0.29) is 5.91 Å². The Morgan fingerprint density at radius 1 is 1.27 bits per heavy atom. The van der Waals surface area contributed by atoms with E-state index in [2.05, 4.69) is 22.4 Å². The van der Waals surface area contributed by atoms with Crippen LogP contribution in [0.25, 0.3) is 0 Å². The zero-order valence-electron chi connectivity index (χ0n) is 12.5. The minimum absolute atomic E-state index is 0.278. The predicted molar refractivity (Wildman–Crippen MR) is 83.0 cm³/mol. The van der Waals surface area contributed by atoms with Gasteiger partial charge in [0.2, 0.25) is 0 Å². The maximum atomic E-state index is 12.1. The van der Waals surface area contributed by atoms with E-state index in [1.807, 2.05) is 29.0 Å². The number of benzene rings is 1. The van der Waals surface area contributed by atoms with Gasteiger partial charge in [0.15, 0.2) is 0 Å². The molecule has 0 aliphatic heterocycles. The summed E-state index contributed by atoms with van der Waals surface area (Å²) in [6, 6.07) is 10.1. The molecule has 1 fully saturated rings. The summed E-state index contributed by atoms with van der Waals surface area (Å²) in [6.07, 6.45) is 6.56. The smallest absolute Gasteiger partial charge is 0.252 e. The molecule has 2 N–H and O–H groups in total. The molecule has 0 atom stereocenters. The van der Waals surface area contributed by atoms with Gasteiger partial charge >= 0.3 is 0 Å². The zero-order valence-corrected chi connectivity index (χ0v) is 12.5.